The van der Waals surface area contributed by atoms with Crippen molar-refractivity contribution in [3.63, 3.8) is 0 Å². The summed E-state index contributed by atoms with van der Waals surface area (Å²) in [5.41, 5.74) is 6.39. The van der Waals surface area contributed by atoms with Crippen LogP contribution in [0.15, 0.2) is 0 Å². The fourth-order valence-electron chi connectivity index (χ4n) is 2.66. The monoisotopic (exact) mass is 257 g/mol. The molecule has 0 aliphatic heterocycles. The molecule has 2 unspecified atom stereocenters. The molecule has 0 fully saturated rings. The minimum Gasteiger partial charge on any atom is -0.379 e. The van der Waals surface area contributed by atoms with Crippen LogP contribution in [0.2, 0.25) is 0 Å². The van der Waals surface area contributed by atoms with E-state index in [-0.39, 0.29) is 17.6 Å². The highest BCUT2D eigenvalue weighted by Gasteiger charge is 2.29. The first-order chi connectivity index (χ1) is 8.43. The number of ether oxygens (including phenoxy) is 1. The van der Waals surface area contributed by atoms with Crippen LogP contribution in [0, 0.1) is 5.41 Å². The van der Waals surface area contributed by atoms with Gasteiger partial charge in [-0.05, 0) is 11.8 Å². The second kappa shape index (κ2) is 9.80. The van der Waals surface area contributed by atoms with E-state index in [2.05, 4.69) is 27.7 Å². The minimum atomic E-state index is 0.134. The van der Waals surface area contributed by atoms with Gasteiger partial charge >= 0.3 is 0 Å². The van der Waals surface area contributed by atoms with Gasteiger partial charge in [0.2, 0.25) is 0 Å². The van der Waals surface area contributed by atoms with Crippen molar-refractivity contribution in [3.05, 3.63) is 0 Å². The Morgan fingerprint density at radius 1 is 0.944 bits per heavy atom. The molecule has 0 saturated carbocycles. The zero-order valence-electron chi connectivity index (χ0n) is 13.3. The molecule has 2 N–H and O–H groups in total. The Hall–Kier alpha value is -0.0800. The van der Waals surface area contributed by atoms with Gasteiger partial charge in [-0.3, -0.25) is 0 Å². The maximum absolute atomic E-state index is 6.25. The number of methoxy groups -OCH3 is 1. The van der Waals surface area contributed by atoms with E-state index in [1.807, 2.05) is 0 Å². The molecule has 110 valence electrons. The molecule has 0 aliphatic rings. The normalized spacial score (nSPS) is 15.7. The maximum atomic E-state index is 6.25. The lowest BCUT2D eigenvalue weighted by Crippen LogP contribution is -2.44. The van der Waals surface area contributed by atoms with Crippen molar-refractivity contribution in [1.29, 1.82) is 0 Å². The molecule has 0 rings (SSSR count). The summed E-state index contributed by atoms with van der Waals surface area (Å²) < 4.78 is 5.56. The van der Waals surface area contributed by atoms with Crippen molar-refractivity contribution in [1.82, 2.24) is 0 Å². The first-order valence-electron chi connectivity index (χ1n) is 7.71. The first kappa shape index (κ1) is 17.9. The van der Waals surface area contributed by atoms with E-state index in [4.69, 9.17) is 10.5 Å². The van der Waals surface area contributed by atoms with E-state index in [9.17, 15) is 0 Å². The van der Waals surface area contributed by atoms with Crippen LogP contribution >= 0.6 is 0 Å². The number of rotatable bonds is 10. The topological polar surface area (TPSA) is 35.2 Å². The van der Waals surface area contributed by atoms with Crippen molar-refractivity contribution in [2.24, 2.45) is 11.1 Å². The van der Waals surface area contributed by atoms with E-state index >= 15 is 0 Å². The van der Waals surface area contributed by atoms with Gasteiger partial charge in [0.05, 0.1) is 6.10 Å². The third kappa shape index (κ3) is 8.10. The Balaban J connectivity index is 3.66. The third-order valence-corrected chi connectivity index (χ3v) is 3.64. The predicted octanol–water partition coefficient (Wildman–Crippen LogP) is 4.52. The van der Waals surface area contributed by atoms with Gasteiger partial charge in [-0.15, -0.1) is 0 Å². The van der Waals surface area contributed by atoms with Gasteiger partial charge in [0, 0.05) is 13.2 Å². The summed E-state index contributed by atoms with van der Waals surface area (Å²) in [7, 11) is 1.78. The van der Waals surface area contributed by atoms with Gasteiger partial charge in [-0.2, -0.15) is 0 Å². The lowest BCUT2D eigenvalue weighted by molar-refractivity contribution is -0.00408. The van der Waals surface area contributed by atoms with Crippen LogP contribution in [0.5, 0.6) is 0 Å². The molecule has 0 aromatic rings. The molecule has 2 nitrogen and oxygen atoms in total. The number of hydrogen-bond acceptors (Lipinski definition) is 2. The fraction of sp³-hybridized carbons (Fsp3) is 1.00. The van der Waals surface area contributed by atoms with Crippen LogP contribution in [0.25, 0.3) is 0 Å². The Bertz CT molecular complexity index is 186. The van der Waals surface area contributed by atoms with Crippen LogP contribution < -0.4 is 5.73 Å². The summed E-state index contributed by atoms with van der Waals surface area (Å²) in [5, 5.41) is 0. The summed E-state index contributed by atoms with van der Waals surface area (Å²) in [6.07, 6.45) is 10.7. The molecule has 0 spiro atoms. The van der Waals surface area contributed by atoms with Crippen LogP contribution in [0.1, 0.15) is 79.1 Å². The summed E-state index contributed by atoms with van der Waals surface area (Å²) in [5.74, 6) is 0. The smallest absolute Gasteiger partial charge is 0.0770 e. The summed E-state index contributed by atoms with van der Waals surface area (Å²) in [6, 6.07) is 0.172. The maximum Gasteiger partial charge on any atom is 0.0770 e. The lowest BCUT2D eigenvalue weighted by Gasteiger charge is -2.34. The van der Waals surface area contributed by atoms with Crippen molar-refractivity contribution < 1.29 is 4.74 Å². The molecular weight excluding hydrogens is 222 g/mol. The zero-order chi connectivity index (χ0) is 14.0. The van der Waals surface area contributed by atoms with Gasteiger partial charge in [-0.1, -0.05) is 72.6 Å². The minimum absolute atomic E-state index is 0.134. The van der Waals surface area contributed by atoms with Crippen molar-refractivity contribution in [2.75, 3.05) is 7.11 Å². The molecule has 0 aliphatic carbocycles. The highest BCUT2D eigenvalue weighted by Crippen LogP contribution is 2.25. The molecule has 0 aromatic heterocycles. The average Bonchev–Trinajstić information content (AvgIpc) is 2.27. The Labute approximate surface area is 115 Å². The molecule has 0 bridgehead atoms. The van der Waals surface area contributed by atoms with Crippen molar-refractivity contribution in [2.45, 2.75) is 91.2 Å². The van der Waals surface area contributed by atoms with E-state index in [1.165, 1.54) is 44.9 Å². The number of unbranched alkanes of at least 4 members (excludes halogenated alkanes) is 6. The molecular formula is C16H35NO. The highest BCUT2D eigenvalue weighted by molar-refractivity contribution is 4.83. The second-order valence-corrected chi connectivity index (χ2v) is 6.60. The third-order valence-electron chi connectivity index (χ3n) is 3.64. The largest absolute Gasteiger partial charge is 0.379 e. The summed E-state index contributed by atoms with van der Waals surface area (Å²) >= 11 is 0. The molecule has 0 heterocycles. The number of hydrogen-bond donors (Lipinski definition) is 1. The SMILES string of the molecule is CCCCCCCCCC(N)C(OC)C(C)(C)C. The molecule has 18 heavy (non-hydrogen) atoms. The Kier molecular flexibility index (Phi) is 9.76. The molecule has 0 amide bonds. The van der Waals surface area contributed by atoms with E-state index in [1.54, 1.807) is 7.11 Å². The van der Waals surface area contributed by atoms with Gasteiger partial charge in [0.15, 0.2) is 0 Å². The van der Waals surface area contributed by atoms with Gasteiger partial charge < -0.3 is 10.5 Å². The van der Waals surface area contributed by atoms with E-state index < -0.39 is 0 Å². The molecule has 2 atom stereocenters. The molecule has 0 radical (unpaired) electrons. The van der Waals surface area contributed by atoms with Crippen molar-refractivity contribution in [3.8, 4) is 0 Å². The number of nitrogens with two attached hydrogens (primary N) is 1. The average molecular weight is 257 g/mol. The first-order valence-corrected chi connectivity index (χ1v) is 7.71. The van der Waals surface area contributed by atoms with Crippen molar-refractivity contribution >= 4 is 0 Å². The van der Waals surface area contributed by atoms with Crippen LogP contribution in [0.4, 0.5) is 0 Å². The lowest BCUT2D eigenvalue weighted by atomic mass is 9.83. The highest BCUT2D eigenvalue weighted by atomic mass is 16.5. The second-order valence-electron chi connectivity index (χ2n) is 6.60. The standard InChI is InChI=1S/C16H35NO/c1-6-7-8-9-10-11-12-13-14(17)15(18-5)16(2,3)4/h14-15H,6-13,17H2,1-5H3. The fourth-order valence-corrected chi connectivity index (χ4v) is 2.66. The van der Waals surface area contributed by atoms with Gasteiger partial charge in [-0.25, -0.2) is 0 Å². The summed E-state index contributed by atoms with van der Waals surface area (Å²) in [6.45, 7) is 8.86. The molecule has 2 heteroatoms. The Morgan fingerprint density at radius 2 is 1.44 bits per heavy atom. The zero-order valence-corrected chi connectivity index (χ0v) is 13.3. The summed E-state index contributed by atoms with van der Waals surface area (Å²) in [4.78, 5) is 0. The van der Waals surface area contributed by atoms with Crippen LogP contribution in [-0.4, -0.2) is 19.3 Å². The molecule has 0 aromatic carbocycles. The quantitative estimate of drug-likeness (QED) is 0.584. The molecule has 0 saturated heterocycles. The van der Waals surface area contributed by atoms with Gasteiger partial charge in [0.25, 0.3) is 0 Å². The van der Waals surface area contributed by atoms with Crippen LogP contribution in [-0.2, 0) is 4.74 Å². The van der Waals surface area contributed by atoms with E-state index in [0.29, 0.717) is 0 Å². The Morgan fingerprint density at radius 3 is 1.89 bits per heavy atom. The predicted molar refractivity (Wildman–Crippen MR) is 80.8 cm³/mol. The van der Waals surface area contributed by atoms with Gasteiger partial charge in [0.1, 0.15) is 0 Å². The van der Waals surface area contributed by atoms with E-state index in [0.717, 1.165) is 6.42 Å². The van der Waals surface area contributed by atoms with Crippen LogP contribution in [0.3, 0.4) is 0 Å².